The first kappa shape index (κ1) is 27.5. The average Bonchev–Trinajstić information content (AvgIpc) is 3.38. The van der Waals surface area contributed by atoms with E-state index in [1.54, 1.807) is 24.1 Å². The summed E-state index contributed by atoms with van der Waals surface area (Å²) in [6.45, 7) is 10.5. The molecule has 1 aliphatic heterocycles. The number of benzene rings is 2. The van der Waals surface area contributed by atoms with Gasteiger partial charge in [0.15, 0.2) is 5.13 Å². The van der Waals surface area contributed by atoms with E-state index in [9.17, 15) is 13.2 Å². The van der Waals surface area contributed by atoms with Crippen LogP contribution in [0.1, 0.15) is 29.8 Å². The molecule has 0 aliphatic carbocycles. The summed E-state index contributed by atoms with van der Waals surface area (Å²) in [4.78, 5) is 22.7. The van der Waals surface area contributed by atoms with Gasteiger partial charge in [0.25, 0.3) is 5.91 Å². The lowest BCUT2D eigenvalue weighted by atomic mass is 10.2. The smallest absolute Gasteiger partial charge is 0.260 e. The minimum Gasteiger partial charge on any atom is -0.494 e. The Kier molecular flexibility index (Phi) is 8.81. The largest absolute Gasteiger partial charge is 0.494 e. The van der Waals surface area contributed by atoms with Gasteiger partial charge in [-0.05, 0) is 55.9 Å². The Labute approximate surface area is 222 Å². The van der Waals surface area contributed by atoms with Crippen molar-refractivity contribution < 1.29 is 22.7 Å². The fourth-order valence-electron chi connectivity index (χ4n) is 4.31. The molecule has 37 heavy (non-hydrogen) atoms. The number of rotatable bonds is 10. The molecular formula is C26H34N4O5S2. The van der Waals surface area contributed by atoms with Crippen LogP contribution in [0.15, 0.2) is 41.3 Å². The summed E-state index contributed by atoms with van der Waals surface area (Å²) in [5, 5.41) is 0.588. The van der Waals surface area contributed by atoms with Crippen molar-refractivity contribution in [2.45, 2.75) is 25.7 Å². The highest BCUT2D eigenvalue weighted by Gasteiger charge is 2.28. The summed E-state index contributed by atoms with van der Waals surface area (Å²) < 4.78 is 39.2. The maximum Gasteiger partial charge on any atom is 0.260 e. The number of likely N-dealkylation sites (N-methyl/N-ethyl adjacent to an activating group) is 1. The van der Waals surface area contributed by atoms with Gasteiger partial charge in [-0.3, -0.25) is 9.69 Å². The molecule has 0 unspecified atom stereocenters. The van der Waals surface area contributed by atoms with Crippen LogP contribution >= 0.6 is 11.3 Å². The number of carbonyl (C=O) groups excluding carboxylic acids is 1. The van der Waals surface area contributed by atoms with Gasteiger partial charge in [0, 0.05) is 31.7 Å². The molecule has 0 spiro atoms. The number of morpholine rings is 1. The van der Waals surface area contributed by atoms with Crippen molar-refractivity contribution in [3.63, 3.8) is 0 Å². The number of fused-ring (bicyclic) bond motifs is 1. The van der Waals surface area contributed by atoms with Gasteiger partial charge in [0.05, 0.1) is 29.9 Å². The molecule has 1 aliphatic rings. The average molecular weight is 547 g/mol. The zero-order chi connectivity index (χ0) is 26.6. The number of nitrogens with zero attached hydrogens (tertiary/aromatic N) is 4. The fourth-order valence-corrected chi connectivity index (χ4v) is 6.79. The van der Waals surface area contributed by atoms with E-state index in [0.717, 1.165) is 28.9 Å². The standard InChI is InChI=1S/C26H34N4O5S2/c1-5-28(6-2)13-14-30(26-27-23-22(34-4)12-7-19(3)24(23)36-26)25(31)20-8-10-21(11-9-20)37(32,33)29-15-17-35-18-16-29/h7-12H,5-6,13-18H2,1-4H3. The first-order valence-electron chi connectivity index (χ1n) is 12.5. The lowest BCUT2D eigenvalue weighted by Gasteiger charge is -2.26. The van der Waals surface area contributed by atoms with Crippen LogP contribution in [0.25, 0.3) is 10.2 Å². The van der Waals surface area contributed by atoms with Crippen LogP contribution in [0.4, 0.5) is 5.13 Å². The molecule has 1 aromatic heterocycles. The first-order chi connectivity index (χ1) is 17.8. The number of ether oxygens (including phenoxy) is 2. The molecule has 0 atom stereocenters. The van der Waals surface area contributed by atoms with E-state index >= 15 is 0 Å². The Morgan fingerprint density at radius 3 is 2.38 bits per heavy atom. The molecule has 0 N–H and O–H groups in total. The molecule has 0 bridgehead atoms. The fraction of sp³-hybridized carbons (Fsp3) is 0.462. The highest BCUT2D eigenvalue weighted by atomic mass is 32.2. The van der Waals surface area contributed by atoms with E-state index in [-0.39, 0.29) is 10.8 Å². The molecule has 11 heteroatoms. The summed E-state index contributed by atoms with van der Waals surface area (Å²) in [5.41, 5.74) is 2.20. The molecule has 9 nitrogen and oxygen atoms in total. The van der Waals surface area contributed by atoms with E-state index in [4.69, 9.17) is 14.5 Å². The summed E-state index contributed by atoms with van der Waals surface area (Å²) in [5.74, 6) is 0.440. The zero-order valence-corrected chi connectivity index (χ0v) is 23.4. The molecule has 1 amide bonds. The topological polar surface area (TPSA) is 92.3 Å². The number of amides is 1. The van der Waals surface area contributed by atoms with E-state index in [1.807, 2.05) is 19.1 Å². The van der Waals surface area contributed by atoms with E-state index in [2.05, 4.69) is 18.7 Å². The number of sulfonamides is 1. The third-order valence-corrected chi connectivity index (χ3v) is 9.76. The molecule has 2 heterocycles. The number of hydrogen-bond donors (Lipinski definition) is 0. The number of thiazole rings is 1. The van der Waals surface area contributed by atoms with Crippen LogP contribution in [0, 0.1) is 6.92 Å². The molecule has 4 rings (SSSR count). The van der Waals surface area contributed by atoms with E-state index in [1.165, 1.54) is 27.8 Å². The predicted octanol–water partition coefficient (Wildman–Crippen LogP) is 3.62. The maximum absolute atomic E-state index is 13.8. The Morgan fingerprint density at radius 1 is 1.08 bits per heavy atom. The summed E-state index contributed by atoms with van der Waals surface area (Å²) in [6.07, 6.45) is 0. The van der Waals surface area contributed by atoms with Gasteiger partial charge in [-0.2, -0.15) is 4.31 Å². The number of methoxy groups -OCH3 is 1. The Balaban J connectivity index is 1.66. The Morgan fingerprint density at radius 2 is 1.76 bits per heavy atom. The van der Waals surface area contributed by atoms with Gasteiger partial charge in [-0.15, -0.1) is 0 Å². The van der Waals surface area contributed by atoms with Crippen molar-refractivity contribution in [1.82, 2.24) is 14.2 Å². The highest BCUT2D eigenvalue weighted by Crippen LogP contribution is 2.37. The quantitative estimate of drug-likeness (QED) is 0.384. The first-order valence-corrected chi connectivity index (χ1v) is 14.7. The second-order valence-electron chi connectivity index (χ2n) is 8.78. The van der Waals surface area contributed by atoms with Crippen LogP contribution in [-0.4, -0.2) is 88.1 Å². The van der Waals surface area contributed by atoms with Crippen LogP contribution in [0.5, 0.6) is 5.75 Å². The Hall–Kier alpha value is -2.57. The second-order valence-corrected chi connectivity index (χ2v) is 11.7. The monoisotopic (exact) mass is 546 g/mol. The molecular weight excluding hydrogens is 512 g/mol. The number of anilines is 1. The predicted molar refractivity (Wildman–Crippen MR) is 146 cm³/mol. The number of aromatic nitrogens is 1. The van der Waals surface area contributed by atoms with Crippen molar-refractivity contribution in [1.29, 1.82) is 0 Å². The van der Waals surface area contributed by atoms with E-state index in [0.29, 0.717) is 55.8 Å². The number of carbonyl (C=O) groups is 1. The van der Waals surface area contributed by atoms with Crippen molar-refractivity contribution >= 4 is 42.6 Å². The van der Waals surface area contributed by atoms with Gasteiger partial charge >= 0.3 is 0 Å². The normalized spacial score (nSPS) is 14.8. The van der Waals surface area contributed by atoms with E-state index < -0.39 is 10.0 Å². The van der Waals surface area contributed by atoms with Crippen molar-refractivity contribution in [2.75, 3.05) is 64.5 Å². The summed E-state index contributed by atoms with van der Waals surface area (Å²) in [7, 11) is -2.03. The van der Waals surface area contributed by atoms with Gasteiger partial charge in [-0.1, -0.05) is 31.3 Å². The van der Waals surface area contributed by atoms with Crippen LogP contribution in [0.3, 0.4) is 0 Å². The molecule has 3 aromatic rings. The molecule has 0 radical (unpaired) electrons. The van der Waals surface area contributed by atoms with Crippen molar-refractivity contribution in [3.8, 4) is 5.75 Å². The third kappa shape index (κ3) is 5.80. The molecule has 200 valence electrons. The van der Waals surface area contributed by atoms with Gasteiger partial charge in [0.2, 0.25) is 10.0 Å². The molecule has 1 saturated heterocycles. The van der Waals surface area contributed by atoms with Crippen LogP contribution in [-0.2, 0) is 14.8 Å². The third-order valence-electron chi connectivity index (χ3n) is 6.63. The number of aryl methyl sites for hydroxylation is 1. The summed E-state index contributed by atoms with van der Waals surface area (Å²) in [6, 6.07) is 10.0. The van der Waals surface area contributed by atoms with Crippen molar-refractivity contribution in [3.05, 3.63) is 47.5 Å². The summed E-state index contributed by atoms with van der Waals surface area (Å²) >= 11 is 1.46. The van der Waals surface area contributed by atoms with Crippen LogP contribution in [0.2, 0.25) is 0 Å². The van der Waals surface area contributed by atoms with Gasteiger partial charge in [-0.25, -0.2) is 13.4 Å². The molecule has 2 aromatic carbocycles. The van der Waals surface area contributed by atoms with Crippen molar-refractivity contribution in [2.24, 2.45) is 0 Å². The number of hydrogen-bond acceptors (Lipinski definition) is 8. The lowest BCUT2D eigenvalue weighted by molar-refractivity contribution is 0.0730. The maximum atomic E-state index is 13.8. The highest BCUT2D eigenvalue weighted by molar-refractivity contribution is 7.89. The zero-order valence-electron chi connectivity index (χ0n) is 21.8. The molecule has 0 saturated carbocycles. The molecule has 1 fully saturated rings. The van der Waals surface area contributed by atoms with Gasteiger partial charge in [0.1, 0.15) is 11.3 Å². The Bertz CT molecular complexity index is 1330. The minimum atomic E-state index is -3.64. The second kappa shape index (κ2) is 11.9. The van der Waals surface area contributed by atoms with Crippen LogP contribution < -0.4 is 9.64 Å². The minimum absolute atomic E-state index is 0.168. The SMILES string of the molecule is CCN(CC)CCN(C(=O)c1ccc(S(=O)(=O)N2CCOCC2)cc1)c1nc2c(OC)ccc(C)c2s1. The lowest BCUT2D eigenvalue weighted by Crippen LogP contribution is -2.40. The van der Waals surface area contributed by atoms with Gasteiger partial charge < -0.3 is 14.4 Å².